The first kappa shape index (κ1) is 15.5. The highest BCUT2D eigenvalue weighted by atomic mass is 32.2. The van der Waals surface area contributed by atoms with Gasteiger partial charge >= 0.3 is 0 Å². The number of amides is 1. The van der Waals surface area contributed by atoms with E-state index in [2.05, 4.69) is 0 Å². The molecule has 120 valence electrons. The van der Waals surface area contributed by atoms with E-state index >= 15 is 0 Å². The van der Waals surface area contributed by atoms with E-state index in [-0.39, 0.29) is 42.4 Å². The minimum atomic E-state index is -3.14. The van der Waals surface area contributed by atoms with E-state index in [0.717, 1.165) is 12.0 Å². The van der Waals surface area contributed by atoms with Gasteiger partial charge in [0.1, 0.15) is 5.82 Å². The lowest BCUT2D eigenvalue weighted by Crippen LogP contribution is -2.55. The summed E-state index contributed by atoms with van der Waals surface area (Å²) in [5.74, 6) is -0.191. The van der Waals surface area contributed by atoms with Gasteiger partial charge in [-0.3, -0.25) is 4.79 Å². The van der Waals surface area contributed by atoms with Crippen molar-refractivity contribution in [2.45, 2.75) is 30.9 Å². The van der Waals surface area contributed by atoms with Gasteiger partial charge in [0.05, 0.1) is 10.5 Å². The SMILES string of the molecule is CC1(C)CN(C(=O)[C@@H]2C[C@H]2c2ccc(F)cc2)CCS1(=O)=O. The van der Waals surface area contributed by atoms with E-state index in [1.807, 2.05) is 0 Å². The third kappa shape index (κ3) is 2.64. The normalized spacial score (nSPS) is 29.1. The number of carbonyl (C=O) groups excluding carboxylic acids is 1. The Labute approximate surface area is 130 Å². The van der Waals surface area contributed by atoms with E-state index in [9.17, 15) is 17.6 Å². The molecule has 0 unspecified atom stereocenters. The van der Waals surface area contributed by atoms with Gasteiger partial charge in [-0.15, -0.1) is 0 Å². The first-order valence-electron chi connectivity index (χ1n) is 7.48. The number of benzene rings is 1. The van der Waals surface area contributed by atoms with Crippen LogP contribution in [0.5, 0.6) is 0 Å². The number of carbonyl (C=O) groups is 1. The van der Waals surface area contributed by atoms with Gasteiger partial charge in [0, 0.05) is 19.0 Å². The Kier molecular flexibility index (Phi) is 3.55. The van der Waals surface area contributed by atoms with Crippen LogP contribution in [0.2, 0.25) is 0 Å². The molecule has 1 amide bonds. The molecule has 22 heavy (non-hydrogen) atoms. The van der Waals surface area contributed by atoms with Gasteiger partial charge in [-0.05, 0) is 43.9 Å². The summed E-state index contributed by atoms with van der Waals surface area (Å²) in [6.45, 7) is 3.87. The molecule has 0 N–H and O–H groups in total. The Morgan fingerprint density at radius 1 is 1.27 bits per heavy atom. The summed E-state index contributed by atoms with van der Waals surface area (Å²) in [4.78, 5) is 14.2. The lowest BCUT2D eigenvalue weighted by molar-refractivity contribution is -0.133. The largest absolute Gasteiger partial charge is 0.340 e. The van der Waals surface area contributed by atoms with Crippen molar-refractivity contribution >= 4 is 15.7 Å². The smallest absolute Gasteiger partial charge is 0.226 e. The number of halogens is 1. The van der Waals surface area contributed by atoms with Gasteiger partial charge in [0.25, 0.3) is 0 Å². The third-order valence-corrected chi connectivity index (χ3v) is 7.29. The molecule has 1 saturated heterocycles. The quantitative estimate of drug-likeness (QED) is 0.835. The van der Waals surface area contributed by atoms with Gasteiger partial charge in [0.2, 0.25) is 5.91 Å². The number of sulfone groups is 1. The van der Waals surface area contributed by atoms with Gasteiger partial charge in [0.15, 0.2) is 9.84 Å². The third-order valence-electron chi connectivity index (χ3n) is 4.76. The second-order valence-electron chi connectivity index (χ2n) is 6.84. The molecule has 2 fully saturated rings. The molecule has 4 nitrogen and oxygen atoms in total. The van der Waals surface area contributed by atoms with Crippen LogP contribution in [-0.2, 0) is 14.6 Å². The van der Waals surface area contributed by atoms with Gasteiger partial charge < -0.3 is 4.90 Å². The molecule has 1 saturated carbocycles. The minimum absolute atomic E-state index is 0.0253. The van der Waals surface area contributed by atoms with Crippen molar-refractivity contribution in [1.82, 2.24) is 4.90 Å². The summed E-state index contributed by atoms with van der Waals surface area (Å²) in [6.07, 6.45) is 0.758. The van der Waals surface area contributed by atoms with Crippen LogP contribution in [0.1, 0.15) is 31.7 Å². The van der Waals surface area contributed by atoms with Crippen molar-refractivity contribution in [1.29, 1.82) is 0 Å². The molecule has 0 bridgehead atoms. The van der Waals surface area contributed by atoms with Gasteiger partial charge in [-0.2, -0.15) is 0 Å². The molecule has 2 aliphatic rings. The Bertz CT molecular complexity index is 697. The fourth-order valence-corrected chi connectivity index (χ4v) is 4.48. The number of hydrogen-bond donors (Lipinski definition) is 0. The van der Waals surface area contributed by atoms with E-state index < -0.39 is 14.6 Å². The van der Waals surface area contributed by atoms with Crippen molar-refractivity contribution in [3.63, 3.8) is 0 Å². The summed E-state index contributed by atoms with van der Waals surface area (Å²) in [5.41, 5.74) is 0.976. The summed E-state index contributed by atoms with van der Waals surface area (Å²) in [6, 6.07) is 6.26. The van der Waals surface area contributed by atoms with Gasteiger partial charge in [-0.25, -0.2) is 12.8 Å². The number of hydrogen-bond acceptors (Lipinski definition) is 3. The van der Waals surface area contributed by atoms with Crippen molar-refractivity contribution < 1.29 is 17.6 Å². The molecular formula is C16H20FNO3S. The lowest BCUT2D eigenvalue weighted by Gasteiger charge is -2.37. The maximum absolute atomic E-state index is 12.9. The van der Waals surface area contributed by atoms with Crippen molar-refractivity contribution in [2.75, 3.05) is 18.8 Å². The lowest BCUT2D eigenvalue weighted by atomic mass is 10.1. The maximum Gasteiger partial charge on any atom is 0.226 e. The Hall–Kier alpha value is -1.43. The molecule has 1 heterocycles. The average Bonchev–Trinajstić information content (AvgIpc) is 3.22. The van der Waals surface area contributed by atoms with Crippen LogP contribution in [-0.4, -0.2) is 42.8 Å². The van der Waals surface area contributed by atoms with E-state index in [0.29, 0.717) is 0 Å². The highest BCUT2D eigenvalue weighted by molar-refractivity contribution is 7.92. The predicted molar refractivity (Wildman–Crippen MR) is 81.7 cm³/mol. The topological polar surface area (TPSA) is 54.5 Å². The number of rotatable bonds is 2. The van der Waals surface area contributed by atoms with E-state index in [1.54, 1.807) is 30.9 Å². The van der Waals surface area contributed by atoms with Crippen LogP contribution in [0, 0.1) is 11.7 Å². The molecule has 3 rings (SSSR count). The first-order chi connectivity index (χ1) is 10.2. The maximum atomic E-state index is 12.9. The Balaban J connectivity index is 1.68. The Morgan fingerprint density at radius 2 is 1.91 bits per heavy atom. The fourth-order valence-electron chi connectivity index (χ4n) is 3.11. The zero-order valence-electron chi connectivity index (χ0n) is 12.8. The summed E-state index contributed by atoms with van der Waals surface area (Å²) in [5, 5.41) is 0. The minimum Gasteiger partial charge on any atom is -0.340 e. The standard InChI is InChI=1S/C16H20FNO3S/c1-16(2)10-18(7-8-22(16,20)21)15(19)14-9-13(14)11-3-5-12(17)6-4-11/h3-6,13-14H,7-10H2,1-2H3/t13-,14+/m0/s1. The van der Waals surface area contributed by atoms with Crippen molar-refractivity contribution in [3.8, 4) is 0 Å². The van der Waals surface area contributed by atoms with Crippen LogP contribution in [0.4, 0.5) is 4.39 Å². The van der Waals surface area contributed by atoms with Crippen molar-refractivity contribution in [2.24, 2.45) is 5.92 Å². The summed E-state index contributed by atoms with van der Waals surface area (Å²) in [7, 11) is -3.14. The fraction of sp³-hybridized carbons (Fsp3) is 0.562. The molecule has 1 aromatic carbocycles. The van der Waals surface area contributed by atoms with Gasteiger partial charge in [-0.1, -0.05) is 12.1 Å². The van der Waals surface area contributed by atoms with Crippen LogP contribution >= 0.6 is 0 Å². The second kappa shape index (κ2) is 5.05. The summed E-state index contributed by atoms with van der Waals surface area (Å²) >= 11 is 0. The highest BCUT2D eigenvalue weighted by Gasteiger charge is 2.49. The molecular weight excluding hydrogens is 305 g/mol. The zero-order valence-corrected chi connectivity index (χ0v) is 13.6. The predicted octanol–water partition coefficient (Wildman–Crippen LogP) is 1.96. The summed E-state index contributed by atoms with van der Waals surface area (Å²) < 4.78 is 36.1. The number of nitrogens with zero attached hydrogens (tertiary/aromatic N) is 1. The van der Waals surface area contributed by atoms with E-state index in [4.69, 9.17) is 0 Å². The highest BCUT2D eigenvalue weighted by Crippen LogP contribution is 2.48. The molecule has 2 atom stereocenters. The average molecular weight is 325 g/mol. The Morgan fingerprint density at radius 3 is 2.50 bits per heavy atom. The first-order valence-corrected chi connectivity index (χ1v) is 9.13. The van der Waals surface area contributed by atoms with Crippen LogP contribution in [0.3, 0.4) is 0 Å². The molecule has 1 aromatic rings. The van der Waals surface area contributed by atoms with Crippen LogP contribution in [0.15, 0.2) is 24.3 Å². The molecule has 6 heteroatoms. The second-order valence-corrected chi connectivity index (χ2v) is 9.58. The van der Waals surface area contributed by atoms with E-state index in [1.165, 1.54) is 12.1 Å². The molecule has 1 aliphatic carbocycles. The molecule has 1 aliphatic heterocycles. The molecule has 0 aromatic heterocycles. The molecule has 0 radical (unpaired) electrons. The zero-order chi connectivity index (χ0) is 16.1. The van der Waals surface area contributed by atoms with Crippen LogP contribution < -0.4 is 0 Å². The van der Waals surface area contributed by atoms with Crippen LogP contribution in [0.25, 0.3) is 0 Å². The van der Waals surface area contributed by atoms with Crippen molar-refractivity contribution in [3.05, 3.63) is 35.6 Å². The molecule has 0 spiro atoms. The monoisotopic (exact) mass is 325 g/mol.